The Morgan fingerprint density at radius 1 is 1.37 bits per heavy atom. The second-order valence-electron chi connectivity index (χ2n) is 5.16. The van der Waals surface area contributed by atoms with E-state index < -0.39 is 10.0 Å². The standard InChI is InChI=1S/C13H13ClN2O2S/c14-12-6-9(7-15)2-4-13(12)19(17,18)16-8-10-1-3-11(16)5-10/h2,4,6,10-11H,1,3,5,8H2. The Balaban J connectivity index is 1.99. The predicted molar refractivity (Wildman–Crippen MR) is 71.2 cm³/mol. The average molecular weight is 297 g/mol. The van der Waals surface area contributed by atoms with Crippen LogP contribution in [-0.2, 0) is 10.0 Å². The number of hydrogen-bond donors (Lipinski definition) is 0. The molecule has 0 spiro atoms. The van der Waals surface area contributed by atoms with Crippen LogP contribution in [-0.4, -0.2) is 25.3 Å². The molecular formula is C13H13ClN2O2S. The van der Waals surface area contributed by atoms with E-state index >= 15 is 0 Å². The second-order valence-corrected chi connectivity index (χ2v) is 7.43. The minimum Gasteiger partial charge on any atom is -0.207 e. The lowest BCUT2D eigenvalue weighted by molar-refractivity contribution is 0.333. The van der Waals surface area contributed by atoms with Crippen molar-refractivity contribution in [1.82, 2.24) is 4.31 Å². The highest BCUT2D eigenvalue weighted by Gasteiger charge is 2.44. The minimum absolute atomic E-state index is 0.112. The molecule has 2 aliphatic rings. The summed E-state index contributed by atoms with van der Waals surface area (Å²) in [6.07, 6.45) is 3.03. The molecular weight excluding hydrogens is 284 g/mol. The predicted octanol–water partition coefficient (Wildman–Crippen LogP) is 2.38. The third-order valence-electron chi connectivity index (χ3n) is 4.01. The van der Waals surface area contributed by atoms with Crippen molar-refractivity contribution in [2.75, 3.05) is 6.54 Å². The van der Waals surface area contributed by atoms with E-state index in [0.717, 1.165) is 19.3 Å². The van der Waals surface area contributed by atoms with Crippen LogP contribution in [0.5, 0.6) is 0 Å². The van der Waals surface area contributed by atoms with Gasteiger partial charge in [0.05, 0.1) is 16.7 Å². The molecule has 1 aliphatic heterocycles. The Hall–Kier alpha value is -1.09. The zero-order valence-electron chi connectivity index (χ0n) is 10.2. The summed E-state index contributed by atoms with van der Waals surface area (Å²) in [5.74, 6) is 0.497. The minimum atomic E-state index is -3.53. The Kier molecular flexibility index (Phi) is 3.05. The van der Waals surface area contributed by atoms with Gasteiger partial charge in [0.1, 0.15) is 4.90 Å². The van der Waals surface area contributed by atoms with Crippen LogP contribution in [0, 0.1) is 17.2 Å². The number of halogens is 1. The van der Waals surface area contributed by atoms with Gasteiger partial charge in [0.2, 0.25) is 10.0 Å². The molecule has 1 aromatic rings. The lowest BCUT2D eigenvalue weighted by Crippen LogP contribution is -2.37. The molecule has 1 aliphatic carbocycles. The summed E-state index contributed by atoms with van der Waals surface area (Å²) in [5, 5.41) is 8.91. The monoisotopic (exact) mass is 296 g/mol. The van der Waals surface area contributed by atoms with Crippen molar-refractivity contribution in [3.8, 4) is 6.07 Å². The van der Waals surface area contributed by atoms with Crippen molar-refractivity contribution >= 4 is 21.6 Å². The molecule has 0 N–H and O–H groups in total. The Bertz CT molecular complexity index is 666. The molecule has 1 saturated carbocycles. The van der Waals surface area contributed by atoms with Gasteiger partial charge in [-0.05, 0) is 43.4 Å². The van der Waals surface area contributed by atoms with Gasteiger partial charge in [0, 0.05) is 12.6 Å². The molecule has 1 heterocycles. The number of nitriles is 1. The summed E-state index contributed by atoms with van der Waals surface area (Å²) in [7, 11) is -3.53. The van der Waals surface area contributed by atoms with Crippen molar-refractivity contribution in [2.45, 2.75) is 30.2 Å². The summed E-state index contributed by atoms with van der Waals surface area (Å²) >= 11 is 6.02. The first-order valence-electron chi connectivity index (χ1n) is 6.24. The van der Waals surface area contributed by atoms with Crippen LogP contribution in [0.3, 0.4) is 0 Å². The molecule has 6 heteroatoms. The lowest BCUT2D eigenvalue weighted by Gasteiger charge is -2.26. The first-order valence-corrected chi connectivity index (χ1v) is 8.05. The van der Waals surface area contributed by atoms with Gasteiger partial charge in [-0.15, -0.1) is 0 Å². The van der Waals surface area contributed by atoms with Gasteiger partial charge in [-0.25, -0.2) is 8.42 Å². The number of nitrogens with zero attached hydrogens (tertiary/aromatic N) is 2. The van der Waals surface area contributed by atoms with E-state index in [1.165, 1.54) is 18.2 Å². The van der Waals surface area contributed by atoms with Crippen LogP contribution in [0.1, 0.15) is 24.8 Å². The molecule has 0 radical (unpaired) electrons. The molecule has 2 bridgehead atoms. The first-order chi connectivity index (χ1) is 9.02. The van der Waals surface area contributed by atoms with Gasteiger partial charge in [0.25, 0.3) is 0 Å². The fraction of sp³-hybridized carbons (Fsp3) is 0.462. The number of sulfonamides is 1. The number of fused-ring (bicyclic) bond motifs is 2. The summed E-state index contributed by atoms with van der Waals surface area (Å²) in [6.45, 7) is 0.601. The molecule has 4 nitrogen and oxygen atoms in total. The quantitative estimate of drug-likeness (QED) is 0.842. The van der Waals surface area contributed by atoms with Gasteiger partial charge in [-0.2, -0.15) is 9.57 Å². The molecule has 100 valence electrons. The van der Waals surface area contributed by atoms with E-state index in [1.54, 1.807) is 4.31 Å². The average Bonchev–Trinajstić information content (AvgIpc) is 3.00. The summed E-state index contributed by atoms with van der Waals surface area (Å²) in [6, 6.07) is 6.41. The Labute approximate surface area is 117 Å². The van der Waals surface area contributed by atoms with Gasteiger partial charge in [-0.3, -0.25) is 0 Å². The molecule has 2 unspecified atom stereocenters. The van der Waals surface area contributed by atoms with Gasteiger partial charge in [0.15, 0.2) is 0 Å². The second kappa shape index (κ2) is 4.48. The maximum atomic E-state index is 12.6. The van der Waals surface area contributed by atoms with E-state index in [9.17, 15) is 8.42 Å². The van der Waals surface area contributed by atoms with Gasteiger partial charge < -0.3 is 0 Å². The summed E-state index contributed by atoms with van der Waals surface area (Å²) < 4.78 is 26.8. The smallest absolute Gasteiger partial charge is 0.207 e. The molecule has 19 heavy (non-hydrogen) atoms. The van der Waals surface area contributed by atoms with Crippen LogP contribution >= 0.6 is 11.6 Å². The number of rotatable bonds is 2. The molecule has 2 atom stereocenters. The summed E-state index contributed by atoms with van der Waals surface area (Å²) in [4.78, 5) is 0.112. The van der Waals surface area contributed by atoms with E-state index in [-0.39, 0.29) is 16.0 Å². The largest absolute Gasteiger partial charge is 0.244 e. The molecule has 0 aromatic heterocycles. The van der Waals surface area contributed by atoms with Crippen LogP contribution in [0.25, 0.3) is 0 Å². The molecule has 0 amide bonds. The van der Waals surface area contributed by atoms with Crippen LogP contribution in [0.15, 0.2) is 23.1 Å². The van der Waals surface area contributed by atoms with Crippen molar-refractivity contribution in [3.05, 3.63) is 28.8 Å². The highest BCUT2D eigenvalue weighted by Crippen LogP contribution is 2.41. The van der Waals surface area contributed by atoms with Gasteiger partial charge >= 0.3 is 0 Å². The maximum Gasteiger partial charge on any atom is 0.244 e. The Morgan fingerprint density at radius 2 is 2.16 bits per heavy atom. The lowest BCUT2D eigenvalue weighted by atomic mass is 10.1. The van der Waals surface area contributed by atoms with Crippen molar-refractivity contribution in [1.29, 1.82) is 5.26 Å². The zero-order valence-corrected chi connectivity index (χ0v) is 11.8. The number of hydrogen-bond acceptors (Lipinski definition) is 3. The van der Waals surface area contributed by atoms with E-state index in [2.05, 4.69) is 0 Å². The molecule has 1 saturated heterocycles. The normalized spacial score (nSPS) is 26.5. The van der Waals surface area contributed by atoms with Gasteiger partial charge in [-0.1, -0.05) is 11.6 Å². The van der Waals surface area contributed by atoms with Crippen molar-refractivity contribution in [3.63, 3.8) is 0 Å². The van der Waals surface area contributed by atoms with Crippen LogP contribution < -0.4 is 0 Å². The van der Waals surface area contributed by atoms with Crippen LogP contribution in [0.4, 0.5) is 0 Å². The number of benzene rings is 1. The third-order valence-corrected chi connectivity index (χ3v) is 6.41. The number of piperidine rings is 1. The van der Waals surface area contributed by atoms with Crippen molar-refractivity contribution < 1.29 is 8.42 Å². The highest BCUT2D eigenvalue weighted by atomic mass is 35.5. The van der Waals surface area contributed by atoms with Crippen molar-refractivity contribution in [2.24, 2.45) is 5.92 Å². The SMILES string of the molecule is N#Cc1ccc(S(=O)(=O)N2CC3CCC2C3)c(Cl)c1. The fourth-order valence-electron chi connectivity index (χ4n) is 3.08. The molecule has 2 fully saturated rings. The van der Waals surface area contributed by atoms with Crippen LogP contribution in [0.2, 0.25) is 5.02 Å². The molecule has 3 rings (SSSR count). The third kappa shape index (κ3) is 2.04. The highest BCUT2D eigenvalue weighted by molar-refractivity contribution is 7.89. The zero-order chi connectivity index (χ0) is 13.6. The maximum absolute atomic E-state index is 12.6. The first kappa shape index (κ1) is 12.9. The topological polar surface area (TPSA) is 61.2 Å². The molecule has 1 aromatic carbocycles. The summed E-state index contributed by atoms with van der Waals surface area (Å²) in [5.41, 5.74) is 0.367. The van der Waals surface area contributed by atoms with E-state index in [1.807, 2.05) is 6.07 Å². The fourth-order valence-corrected chi connectivity index (χ4v) is 5.34. The van der Waals surface area contributed by atoms with E-state index in [0.29, 0.717) is 18.0 Å². The Morgan fingerprint density at radius 3 is 2.68 bits per heavy atom. The van der Waals surface area contributed by atoms with E-state index in [4.69, 9.17) is 16.9 Å².